The van der Waals surface area contributed by atoms with Crippen LogP contribution in [0.25, 0.3) is 0 Å². The molecule has 1 N–H and O–H groups in total. The number of H-pyrrole nitrogens is 1. The standard InChI is InChI=1S/C6H7F3N2.H2/c1-3-4(2)10-11-5(3)6(7,8)9;/h1-2H3,(H,10,11);1H. The van der Waals surface area contributed by atoms with E-state index in [4.69, 9.17) is 0 Å². The number of aromatic nitrogens is 2. The normalized spacial score (nSPS) is 12.1. The zero-order valence-electron chi connectivity index (χ0n) is 6.08. The number of nitrogens with one attached hydrogen (secondary N) is 1. The van der Waals surface area contributed by atoms with Crippen LogP contribution in [0.4, 0.5) is 13.2 Å². The highest BCUT2D eigenvalue weighted by atomic mass is 19.4. The molecule has 0 atom stereocenters. The van der Waals surface area contributed by atoms with Gasteiger partial charge in [-0.2, -0.15) is 18.3 Å². The Morgan fingerprint density at radius 2 is 1.91 bits per heavy atom. The molecule has 0 saturated carbocycles. The topological polar surface area (TPSA) is 28.7 Å². The number of rotatable bonds is 0. The fourth-order valence-electron chi connectivity index (χ4n) is 0.761. The quantitative estimate of drug-likeness (QED) is 0.629. The van der Waals surface area contributed by atoms with E-state index in [1.54, 1.807) is 6.92 Å². The van der Waals surface area contributed by atoms with E-state index in [0.717, 1.165) is 0 Å². The molecule has 1 aromatic rings. The summed E-state index contributed by atoms with van der Waals surface area (Å²) in [7, 11) is 0. The van der Waals surface area contributed by atoms with Crippen LogP contribution in [-0.2, 0) is 6.18 Å². The van der Waals surface area contributed by atoms with E-state index in [-0.39, 0.29) is 6.99 Å². The number of aromatic amines is 1. The van der Waals surface area contributed by atoms with E-state index in [1.807, 2.05) is 0 Å². The van der Waals surface area contributed by atoms with Gasteiger partial charge in [0.05, 0.1) is 0 Å². The summed E-state index contributed by atoms with van der Waals surface area (Å²) in [6.07, 6.45) is -4.34. The highest BCUT2D eigenvalue weighted by Crippen LogP contribution is 2.30. The molecule has 1 aromatic heterocycles. The molecule has 0 fully saturated rings. The molecule has 0 radical (unpaired) electrons. The van der Waals surface area contributed by atoms with Crippen molar-refractivity contribution in [3.05, 3.63) is 17.0 Å². The van der Waals surface area contributed by atoms with E-state index in [2.05, 4.69) is 10.2 Å². The second-order valence-electron chi connectivity index (χ2n) is 2.32. The van der Waals surface area contributed by atoms with Gasteiger partial charge in [0, 0.05) is 12.7 Å². The summed E-state index contributed by atoms with van der Waals surface area (Å²) in [6.45, 7) is 2.94. The average Bonchev–Trinajstić information content (AvgIpc) is 2.11. The van der Waals surface area contributed by atoms with Crippen LogP contribution in [-0.4, -0.2) is 10.2 Å². The molecule has 0 unspecified atom stereocenters. The van der Waals surface area contributed by atoms with Crippen LogP contribution in [0.15, 0.2) is 0 Å². The molecule has 0 aromatic carbocycles. The van der Waals surface area contributed by atoms with E-state index in [0.29, 0.717) is 5.69 Å². The summed E-state index contributed by atoms with van der Waals surface area (Å²) < 4.78 is 35.9. The molecular formula is C6H9F3N2. The van der Waals surface area contributed by atoms with Crippen LogP contribution in [0, 0.1) is 13.8 Å². The van der Waals surface area contributed by atoms with Gasteiger partial charge in [0.2, 0.25) is 0 Å². The number of aryl methyl sites for hydroxylation is 1. The smallest absolute Gasteiger partial charge is 0.282 e. The Bertz CT molecular complexity index is 266. The number of alkyl halides is 3. The summed E-state index contributed by atoms with van der Waals surface area (Å²) in [4.78, 5) is 0. The molecule has 0 saturated heterocycles. The molecule has 1 heterocycles. The number of hydrogen-bond acceptors (Lipinski definition) is 1. The lowest BCUT2D eigenvalue weighted by atomic mass is 10.2. The highest BCUT2D eigenvalue weighted by Gasteiger charge is 2.35. The van der Waals surface area contributed by atoms with Crippen molar-refractivity contribution in [2.75, 3.05) is 0 Å². The minimum Gasteiger partial charge on any atom is -0.282 e. The van der Waals surface area contributed by atoms with Crippen LogP contribution in [0.5, 0.6) is 0 Å². The Balaban J connectivity index is 0.00000121. The molecule has 1 rings (SSSR count). The SMILES string of the molecule is Cc1[nH]nc(C(F)(F)F)c1C.[HH]. The molecule has 64 valence electrons. The van der Waals surface area contributed by atoms with E-state index >= 15 is 0 Å². The summed E-state index contributed by atoms with van der Waals surface area (Å²) in [6, 6.07) is 0. The summed E-state index contributed by atoms with van der Waals surface area (Å²) in [5, 5.41) is 5.41. The Hall–Kier alpha value is -1.00. The second-order valence-corrected chi connectivity index (χ2v) is 2.32. The van der Waals surface area contributed by atoms with E-state index in [9.17, 15) is 13.2 Å². The molecule has 5 heteroatoms. The number of nitrogens with zero attached hydrogens (tertiary/aromatic N) is 1. The van der Waals surface area contributed by atoms with Crippen molar-refractivity contribution in [2.24, 2.45) is 0 Å². The lowest BCUT2D eigenvalue weighted by Gasteiger charge is -2.01. The second kappa shape index (κ2) is 2.25. The maximum absolute atomic E-state index is 12.0. The van der Waals surface area contributed by atoms with Crippen LogP contribution >= 0.6 is 0 Å². The first-order chi connectivity index (χ1) is 4.93. The Morgan fingerprint density at radius 1 is 1.36 bits per heavy atom. The Labute approximate surface area is 62.9 Å². The van der Waals surface area contributed by atoms with Crippen LogP contribution in [0.3, 0.4) is 0 Å². The van der Waals surface area contributed by atoms with Gasteiger partial charge < -0.3 is 0 Å². The van der Waals surface area contributed by atoms with Gasteiger partial charge in [-0.05, 0) is 13.8 Å². The predicted octanol–water partition coefficient (Wildman–Crippen LogP) is 2.29. The lowest BCUT2D eigenvalue weighted by molar-refractivity contribution is -0.141. The minimum absolute atomic E-state index is 0. The van der Waals surface area contributed by atoms with Gasteiger partial charge in [-0.1, -0.05) is 0 Å². The third-order valence-electron chi connectivity index (χ3n) is 1.52. The Morgan fingerprint density at radius 3 is 2.09 bits per heavy atom. The van der Waals surface area contributed by atoms with Crippen LogP contribution in [0.2, 0.25) is 0 Å². The summed E-state index contributed by atoms with van der Waals surface area (Å²) >= 11 is 0. The summed E-state index contributed by atoms with van der Waals surface area (Å²) in [5.74, 6) is 0. The highest BCUT2D eigenvalue weighted by molar-refractivity contribution is 5.24. The van der Waals surface area contributed by atoms with Gasteiger partial charge in [0.1, 0.15) is 0 Å². The molecule has 0 aliphatic heterocycles. The predicted molar refractivity (Wildman–Crippen MR) is 35.2 cm³/mol. The fraction of sp³-hybridized carbons (Fsp3) is 0.500. The molecule has 0 aliphatic rings. The molecule has 0 amide bonds. The molecule has 11 heavy (non-hydrogen) atoms. The van der Waals surface area contributed by atoms with Crippen LogP contribution in [0.1, 0.15) is 18.4 Å². The number of hydrogen-bond donors (Lipinski definition) is 1. The molecule has 0 aliphatic carbocycles. The van der Waals surface area contributed by atoms with Crippen molar-refractivity contribution in [3.63, 3.8) is 0 Å². The van der Waals surface area contributed by atoms with Gasteiger partial charge in [0.15, 0.2) is 5.69 Å². The van der Waals surface area contributed by atoms with Gasteiger partial charge in [0.25, 0.3) is 0 Å². The minimum atomic E-state index is -4.34. The maximum atomic E-state index is 12.0. The first-order valence-electron chi connectivity index (χ1n) is 3.01. The fourth-order valence-corrected chi connectivity index (χ4v) is 0.761. The first-order valence-corrected chi connectivity index (χ1v) is 3.01. The van der Waals surface area contributed by atoms with Gasteiger partial charge in [-0.15, -0.1) is 0 Å². The van der Waals surface area contributed by atoms with Gasteiger partial charge >= 0.3 is 6.18 Å². The van der Waals surface area contributed by atoms with Crippen molar-refractivity contribution < 1.29 is 14.6 Å². The zero-order valence-corrected chi connectivity index (χ0v) is 6.08. The monoisotopic (exact) mass is 166 g/mol. The largest absolute Gasteiger partial charge is 0.435 e. The maximum Gasteiger partial charge on any atom is 0.435 e. The van der Waals surface area contributed by atoms with Crippen LogP contribution < -0.4 is 0 Å². The van der Waals surface area contributed by atoms with Gasteiger partial charge in [-0.25, -0.2) is 0 Å². The van der Waals surface area contributed by atoms with E-state index in [1.165, 1.54) is 6.92 Å². The molecular weight excluding hydrogens is 157 g/mol. The van der Waals surface area contributed by atoms with Crippen molar-refractivity contribution in [3.8, 4) is 0 Å². The average molecular weight is 166 g/mol. The van der Waals surface area contributed by atoms with Crippen molar-refractivity contribution >= 4 is 0 Å². The third-order valence-corrected chi connectivity index (χ3v) is 1.52. The number of halogens is 3. The van der Waals surface area contributed by atoms with Crippen molar-refractivity contribution in [1.29, 1.82) is 0 Å². The molecule has 2 nitrogen and oxygen atoms in total. The van der Waals surface area contributed by atoms with Crippen molar-refractivity contribution in [2.45, 2.75) is 20.0 Å². The van der Waals surface area contributed by atoms with E-state index < -0.39 is 11.9 Å². The first kappa shape index (κ1) is 8.10. The van der Waals surface area contributed by atoms with Gasteiger partial charge in [-0.3, -0.25) is 5.10 Å². The lowest BCUT2D eigenvalue weighted by Crippen LogP contribution is -2.07. The third kappa shape index (κ3) is 1.36. The zero-order chi connectivity index (χ0) is 8.65. The summed E-state index contributed by atoms with van der Waals surface area (Å²) in [5.41, 5.74) is -0.204. The van der Waals surface area contributed by atoms with Crippen molar-refractivity contribution in [1.82, 2.24) is 10.2 Å². The molecule has 0 bridgehead atoms. The molecule has 0 spiro atoms. The Kier molecular flexibility index (Phi) is 1.66.